The summed E-state index contributed by atoms with van der Waals surface area (Å²) in [6.07, 6.45) is 8.70. The molecular weight excluding hydrogens is 186 g/mol. The molecule has 1 N–H and O–H groups in total. The summed E-state index contributed by atoms with van der Waals surface area (Å²) in [7, 11) is 4.07. The molecule has 2 unspecified atom stereocenters. The second-order valence-corrected chi connectivity index (χ2v) is 4.55. The molecule has 2 atom stereocenters. The molecular formula is C12H21N3. The standard InChI is InChI=1S/C12H21N3/c1-13-11-7-5-3-4-6-10(11)12-8-9-15(2)14-12/h8-11,13H,3-7H2,1-2H3. The minimum Gasteiger partial charge on any atom is -0.316 e. The van der Waals surface area contributed by atoms with Crippen molar-refractivity contribution in [2.24, 2.45) is 7.05 Å². The second kappa shape index (κ2) is 4.79. The van der Waals surface area contributed by atoms with Crippen molar-refractivity contribution in [2.45, 2.75) is 44.1 Å². The Morgan fingerprint density at radius 2 is 2.13 bits per heavy atom. The van der Waals surface area contributed by atoms with Gasteiger partial charge in [-0.2, -0.15) is 5.10 Å². The van der Waals surface area contributed by atoms with Crippen LogP contribution < -0.4 is 5.32 Å². The van der Waals surface area contributed by atoms with Crippen molar-refractivity contribution in [3.05, 3.63) is 18.0 Å². The van der Waals surface area contributed by atoms with Crippen molar-refractivity contribution in [1.82, 2.24) is 15.1 Å². The maximum absolute atomic E-state index is 4.55. The number of aromatic nitrogens is 2. The molecule has 3 nitrogen and oxygen atoms in total. The average molecular weight is 207 g/mol. The summed E-state index contributed by atoms with van der Waals surface area (Å²) in [5, 5.41) is 8.00. The number of nitrogens with one attached hydrogen (secondary N) is 1. The van der Waals surface area contributed by atoms with Gasteiger partial charge in [0.1, 0.15) is 0 Å². The Morgan fingerprint density at radius 3 is 2.80 bits per heavy atom. The van der Waals surface area contributed by atoms with Crippen molar-refractivity contribution in [1.29, 1.82) is 0 Å². The van der Waals surface area contributed by atoms with Crippen LogP contribution in [0.5, 0.6) is 0 Å². The molecule has 2 rings (SSSR count). The van der Waals surface area contributed by atoms with E-state index in [0.29, 0.717) is 12.0 Å². The minimum atomic E-state index is 0.610. The van der Waals surface area contributed by atoms with Gasteiger partial charge in [0, 0.05) is 25.2 Å². The zero-order valence-corrected chi connectivity index (χ0v) is 9.74. The first kappa shape index (κ1) is 10.7. The summed E-state index contributed by atoms with van der Waals surface area (Å²) < 4.78 is 1.91. The highest BCUT2D eigenvalue weighted by Crippen LogP contribution is 2.30. The number of hydrogen-bond donors (Lipinski definition) is 1. The molecule has 0 aliphatic heterocycles. The SMILES string of the molecule is CNC1CCCCCC1c1ccn(C)n1. The van der Waals surface area contributed by atoms with Gasteiger partial charge in [-0.3, -0.25) is 4.68 Å². The van der Waals surface area contributed by atoms with Crippen molar-refractivity contribution < 1.29 is 0 Å². The summed E-state index contributed by atoms with van der Waals surface area (Å²) in [6.45, 7) is 0. The third-order valence-electron chi connectivity index (χ3n) is 3.50. The largest absolute Gasteiger partial charge is 0.316 e. The van der Waals surface area contributed by atoms with E-state index in [0.717, 1.165) is 0 Å². The fraction of sp³-hybridized carbons (Fsp3) is 0.750. The monoisotopic (exact) mass is 207 g/mol. The fourth-order valence-corrected chi connectivity index (χ4v) is 2.64. The van der Waals surface area contributed by atoms with E-state index < -0.39 is 0 Å². The second-order valence-electron chi connectivity index (χ2n) is 4.55. The van der Waals surface area contributed by atoms with Gasteiger partial charge in [0.25, 0.3) is 0 Å². The zero-order valence-electron chi connectivity index (χ0n) is 9.74. The van der Waals surface area contributed by atoms with Crippen LogP contribution in [-0.4, -0.2) is 22.9 Å². The van der Waals surface area contributed by atoms with Crippen LogP contribution in [-0.2, 0) is 7.05 Å². The maximum Gasteiger partial charge on any atom is 0.0670 e. The fourth-order valence-electron chi connectivity index (χ4n) is 2.64. The molecule has 1 fully saturated rings. The lowest BCUT2D eigenvalue weighted by Gasteiger charge is -2.22. The van der Waals surface area contributed by atoms with Crippen LogP contribution in [0.1, 0.15) is 43.7 Å². The molecule has 0 spiro atoms. The van der Waals surface area contributed by atoms with E-state index in [4.69, 9.17) is 0 Å². The van der Waals surface area contributed by atoms with Crippen LogP contribution in [0.25, 0.3) is 0 Å². The number of aryl methyl sites for hydroxylation is 1. The van der Waals surface area contributed by atoms with Crippen LogP contribution in [0.3, 0.4) is 0 Å². The van der Waals surface area contributed by atoms with E-state index >= 15 is 0 Å². The maximum atomic E-state index is 4.55. The first-order valence-corrected chi connectivity index (χ1v) is 5.98. The Balaban J connectivity index is 2.16. The summed E-state index contributed by atoms with van der Waals surface area (Å²) in [6, 6.07) is 2.78. The molecule has 0 radical (unpaired) electrons. The van der Waals surface area contributed by atoms with Gasteiger partial charge >= 0.3 is 0 Å². The number of likely N-dealkylation sites (N-methyl/N-ethyl adjacent to an activating group) is 1. The van der Waals surface area contributed by atoms with Gasteiger partial charge in [-0.15, -0.1) is 0 Å². The number of rotatable bonds is 2. The van der Waals surface area contributed by atoms with E-state index in [-0.39, 0.29) is 0 Å². The number of hydrogen-bond acceptors (Lipinski definition) is 2. The molecule has 3 heteroatoms. The Bertz CT molecular complexity index is 306. The topological polar surface area (TPSA) is 29.9 Å². The van der Waals surface area contributed by atoms with E-state index in [1.807, 2.05) is 17.9 Å². The molecule has 0 saturated heterocycles. The van der Waals surface area contributed by atoms with Crippen molar-refractivity contribution in [3.8, 4) is 0 Å². The Hall–Kier alpha value is -0.830. The first-order chi connectivity index (χ1) is 7.31. The summed E-state index contributed by atoms with van der Waals surface area (Å²) >= 11 is 0. The third-order valence-corrected chi connectivity index (χ3v) is 3.50. The number of nitrogens with zero attached hydrogens (tertiary/aromatic N) is 2. The lowest BCUT2D eigenvalue weighted by atomic mass is 9.92. The molecule has 1 aromatic rings. The van der Waals surface area contributed by atoms with E-state index in [1.165, 1.54) is 37.8 Å². The highest BCUT2D eigenvalue weighted by atomic mass is 15.2. The average Bonchev–Trinajstić information content (AvgIpc) is 2.54. The lowest BCUT2D eigenvalue weighted by Crippen LogP contribution is -2.31. The van der Waals surface area contributed by atoms with Crippen LogP contribution in [0.15, 0.2) is 12.3 Å². The highest BCUT2D eigenvalue weighted by Gasteiger charge is 2.25. The molecule has 15 heavy (non-hydrogen) atoms. The van der Waals surface area contributed by atoms with Crippen LogP contribution in [0.4, 0.5) is 0 Å². The van der Waals surface area contributed by atoms with Crippen molar-refractivity contribution >= 4 is 0 Å². The Labute approximate surface area is 91.9 Å². The van der Waals surface area contributed by atoms with Crippen molar-refractivity contribution in [3.63, 3.8) is 0 Å². The van der Waals surface area contributed by atoms with E-state index in [2.05, 4.69) is 23.5 Å². The minimum absolute atomic E-state index is 0.610. The van der Waals surface area contributed by atoms with Crippen LogP contribution >= 0.6 is 0 Å². The molecule has 0 bridgehead atoms. The van der Waals surface area contributed by atoms with E-state index in [9.17, 15) is 0 Å². The summed E-state index contributed by atoms with van der Waals surface area (Å²) in [4.78, 5) is 0. The zero-order chi connectivity index (χ0) is 10.7. The predicted octanol–water partition coefficient (Wildman–Crippen LogP) is 2.06. The predicted molar refractivity (Wildman–Crippen MR) is 61.9 cm³/mol. The van der Waals surface area contributed by atoms with Gasteiger partial charge in [-0.25, -0.2) is 0 Å². The summed E-state index contributed by atoms with van der Waals surface area (Å²) in [5.41, 5.74) is 1.26. The van der Waals surface area contributed by atoms with Gasteiger partial charge in [0.15, 0.2) is 0 Å². The molecule has 1 aromatic heterocycles. The third kappa shape index (κ3) is 2.40. The van der Waals surface area contributed by atoms with Crippen molar-refractivity contribution in [2.75, 3.05) is 7.05 Å². The molecule has 0 amide bonds. The van der Waals surface area contributed by atoms with Gasteiger partial charge in [-0.1, -0.05) is 19.3 Å². The lowest BCUT2D eigenvalue weighted by molar-refractivity contribution is 0.429. The molecule has 1 saturated carbocycles. The molecule has 1 heterocycles. The van der Waals surface area contributed by atoms with Crippen LogP contribution in [0.2, 0.25) is 0 Å². The van der Waals surface area contributed by atoms with Gasteiger partial charge in [-0.05, 0) is 26.0 Å². The quantitative estimate of drug-likeness (QED) is 0.752. The van der Waals surface area contributed by atoms with Gasteiger partial charge in [0.05, 0.1) is 5.69 Å². The Morgan fingerprint density at radius 1 is 1.33 bits per heavy atom. The summed E-state index contributed by atoms with van der Waals surface area (Å²) in [5.74, 6) is 0.610. The van der Waals surface area contributed by atoms with Crippen LogP contribution in [0, 0.1) is 0 Å². The highest BCUT2D eigenvalue weighted by molar-refractivity contribution is 5.10. The molecule has 0 aromatic carbocycles. The van der Waals surface area contributed by atoms with E-state index in [1.54, 1.807) is 0 Å². The molecule has 1 aliphatic carbocycles. The first-order valence-electron chi connectivity index (χ1n) is 5.98. The molecule has 84 valence electrons. The Kier molecular flexibility index (Phi) is 3.41. The normalized spacial score (nSPS) is 27.6. The van der Waals surface area contributed by atoms with Gasteiger partial charge < -0.3 is 5.32 Å². The smallest absolute Gasteiger partial charge is 0.0670 e. The van der Waals surface area contributed by atoms with Gasteiger partial charge in [0.2, 0.25) is 0 Å². The molecule has 1 aliphatic rings.